The van der Waals surface area contributed by atoms with Crippen molar-refractivity contribution in [2.75, 3.05) is 32.1 Å². The smallest absolute Gasteiger partial charge is 0.270 e. The van der Waals surface area contributed by atoms with Gasteiger partial charge >= 0.3 is 0 Å². The second-order valence-corrected chi connectivity index (χ2v) is 6.73. The zero-order chi connectivity index (χ0) is 17.8. The largest absolute Gasteiger partial charge is 0.351 e. The lowest BCUT2D eigenvalue weighted by Gasteiger charge is -2.23. The van der Waals surface area contributed by atoms with Crippen LogP contribution in [0, 0.1) is 0 Å². The highest BCUT2D eigenvalue weighted by atomic mass is 16.1. The Morgan fingerprint density at radius 3 is 2.92 bits per heavy atom. The Kier molecular flexibility index (Phi) is 5.28. The predicted octanol–water partition coefficient (Wildman–Crippen LogP) is 2.24. The van der Waals surface area contributed by atoms with E-state index in [1.165, 1.54) is 11.9 Å². The second kappa shape index (κ2) is 7.61. The number of nitrogens with zero attached hydrogens (tertiary/aromatic N) is 4. The highest BCUT2D eigenvalue weighted by molar-refractivity contribution is 5.93. The fourth-order valence-electron chi connectivity index (χ4n) is 3.21. The van der Waals surface area contributed by atoms with Gasteiger partial charge in [-0.05, 0) is 52.0 Å². The van der Waals surface area contributed by atoms with Crippen LogP contribution in [0.25, 0.3) is 0 Å². The quantitative estimate of drug-likeness (QED) is 0.818. The molecule has 1 aromatic carbocycles. The van der Waals surface area contributed by atoms with Crippen LogP contribution in [0.1, 0.15) is 29.4 Å². The van der Waals surface area contributed by atoms with Gasteiger partial charge in [-0.1, -0.05) is 18.2 Å². The Balaban J connectivity index is 1.73. The summed E-state index contributed by atoms with van der Waals surface area (Å²) >= 11 is 0. The number of carbonyl (C=O) groups excluding carboxylic acids is 1. The zero-order valence-electron chi connectivity index (χ0n) is 15.1. The number of rotatable bonds is 6. The molecule has 0 aliphatic carbocycles. The van der Waals surface area contributed by atoms with E-state index in [0.717, 1.165) is 30.9 Å². The minimum atomic E-state index is -0.150. The van der Waals surface area contributed by atoms with E-state index in [9.17, 15) is 4.79 Å². The Bertz CT molecular complexity index is 746. The van der Waals surface area contributed by atoms with Crippen LogP contribution in [0.3, 0.4) is 0 Å². The molecule has 132 valence electrons. The van der Waals surface area contributed by atoms with Crippen LogP contribution in [0.2, 0.25) is 0 Å². The summed E-state index contributed by atoms with van der Waals surface area (Å²) < 4.78 is 0. The summed E-state index contributed by atoms with van der Waals surface area (Å²) in [7, 11) is 4.04. The molecule has 1 unspecified atom stereocenters. The summed E-state index contributed by atoms with van der Waals surface area (Å²) in [6, 6.07) is 10.4. The second-order valence-electron chi connectivity index (χ2n) is 6.73. The molecule has 0 saturated carbocycles. The highest BCUT2D eigenvalue weighted by Crippen LogP contribution is 2.36. The van der Waals surface area contributed by atoms with Crippen LogP contribution in [0.5, 0.6) is 0 Å². The summed E-state index contributed by atoms with van der Waals surface area (Å²) in [5.74, 6) is 0.619. The van der Waals surface area contributed by atoms with Gasteiger partial charge in [-0.15, -0.1) is 0 Å². The molecule has 2 aromatic rings. The molecule has 0 radical (unpaired) electrons. The van der Waals surface area contributed by atoms with Gasteiger partial charge in [-0.3, -0.25) is 4.79 Å². The van der Waals surface area contributed by atoms with Crippen LogP contribution in [-0.2, 0) is 6.42 Å². The number of hydrogen-bond acceptors (Lipinski definition) is 5. The van der Waals surface area contributed by atoms with E-state index < -0.39 is 0 Å². The fourth-order valence-corrected chi connectivity index (χ4v) is 3.21. The molecule has 0 fully saturated rings. The van der Waals surface area contributed by atoms with Gasteiger partial charge in [0.2, 0.25) is 0 Å². The zero-order valence-corrected chi connectivity index (χ0v) is 15.1. The molecule has 3 rings (SSSR count). The van der Waals surface area contributed by atoms with E-state index in [1.54, 1.807) is 6.07 Å². The molecule has 1 N–H and O–H groups in total. The van der Waals surface area contributed by atoms with E-state index in [1.807, 2.05) is 20.2 Å². The molecule has 1 atom stereocenters. The van der Waals surface area contributed by atoms with Crippen molar-refractivity contribution < 1.29 is 4.79 Å². The van der Waals surface area contributed by atoms with Crippen molar-refractivity contribution in [3.8, 4) is 0 Å². The average molecular weight is 339 g/mol. The molecule has 6 nitrogen and oxygen atoms in total. The minimum Gasteiger partial charge on any atom is -0.351 e. The van der Waals surface area contributed by atoms with Crippen molar-refractivity contribution in [1.82, 2.24) is 20.2 Å². The topological polar surface area (TPSA) is 61.4 Å². The monoisotopic (exact) mass is 339 g/mol. The summed E-state index contributed by atoms with van der Waals surface area (Å²) in [6.07, 6.45) is 3.36. The number of aromatic nitrogens is 2. The molecule has 0 saturated heterocycles. The number of benzene rings is 1. The lowest BCUT2D eigenvalue weighted by molar-refractivity contribution is 0.0947. The Hall–Kier alpha value is -2.47. The third-order valence-electron chi connectivity index (χ3n) is 4.41. The molecule has 1 aromatic heterocycles. The third-order valence-corrected chi connectivity index (χ3v) is 4.41. The number of amides is 1. The summed E-state index contributed by atoms with van der Waals surface area (Å²) in [6.45, 7) is 3.75. The van der Waals surface area contributed by atoms with Crippen molar-refractivity contribution in [2.45, 2.75) is 25.8 Å². The molecular formula is C19H25N5O. The van der Waals surface area contributed by atoms with Crippen molar-refractivity contribution in [1.29, 1.82) is 0 Å². The van der Waals surface area contributed by atoms with E-state index in [4.69, 9.17) is 0 Å². The predicted molar refractivity (Wildman–Crippen MR) is 99.3 cm³/mol. The number of para-hydroxylation sites is 1. The van der Waals surface area contributed by atoms with Crippen LogP contribution in [0.4, 0.5) is 11.5 Å². The van der Waals surface area contributed by atoms with Crippen molar-refractivity contribution >= 4 is 17.4 Å². The van der Waals surface area contributed by atoms with E-state index in [2.05, 4.69) is 50.2 Å². The van der Waals surface area contributed by atoms with Gasteiger partial charge in [0.05, 0.1) is 0 Å². The number of nitrogens with one attached hydrogen (secondary N) is 1. The summed E-state index contributed by atoms with van der Waals surface area (Å²) in [5.41, 5.74) is 2.88. The number of hydrogen-bond donors (Lipinski definition) is 1. The van der Waals surface area contributed by atoms with Gasteiger partial charge < -0.3 is 15.1 Å². The van der Waals surface area contributed by atoms with Crippen molar-refractivity contribution in [3.05, 3.63) is 47.9 Å². The van der Waals surface area contributed by atoms with Gasteiger partial charge in [0.1, 0.15) is 17.8 Å². The molecular weight excluding hydrogens is 314 g/mol. The maximum Gasteiger partial charge on any atom is 0.270 e. The average Bonchev–Trinajstić information content (AvgIpc) is 2.94. The Labute approximate surface area is 148 Å². The Morgan fingerprint density at radius 2 is 2.12 bits per heavy atom. The van der Waals surface area contributed by atoms with Gasteiger partial charge in [0.25, 0.3) is 5.91 Å². The SMILES string of the molecule is CC1Cc2ccccc2N1c1cc(C(=O)NCCCN(C)C)ncn1. The molecule has 0 bridgehead atoms. The normalized spacial score (nSPS) is 16.2. The van der Waals surface area contributed by atoms with Crippen LogP contribution in [0.15, 0.2) is 36.7 Å². The number of carbonyl (C=O) groups is 1. The third kappa shape index (κ3) is 3.96. The van der Waals surface area contributed by atoms with Gasteiger partial charge in [-0.2, -0.15) is 0 Å². The van der Waals surface area contributed by atoms with Crippen molar-refractivity contribution in [2.24, 2.45) is 0 Å². The number of anilines is 2. The summed E-state index contributed by atoms with van der Waals surface area (Å²) in [5, 5.41) is 2.93. The first-order chi connectivity index (χ1) is 12.1. The molecule has 0 spiro atoms. The highest BCUT2D eigenvalue weighted by Gasteiger charge is 2.28. The lowest BCUT2D eigenvalue weighted by Crippen LogP contribution is -2.29. The van der Waals surface area contributed by atoms with Crippen molar-refractivity contribution in [3.63, 3.8) is 0 Å². The minimum absolute atomic E-state index is 0.150. The standard InChI is InChI=1S/C19H25N5O/c1-14-11-15-7-4-5-8-17(15)24(14)18-12-16(21-13-22-18)19(25)20-9-6-10-23(2)3/h4-5,7-8,12-14H,6,9-11H2,1-3H3,(H,20,25). The van der Waals surface area contributed by atoms with E-state index in [0.29, 0.717) is 18.3 Å². The lowest BCUT2D eigenvalue weighted by atomic mass is 10.1. The summed E-state index contributed by atoms with van der Waals surface area (Å²) in [4.78, 5) is 25.2. The fraction of sp³-hybridized carbons (Fsp3) is 0.421. The van der Waals surface area contributed by atoms with E-state index in [-0.39, 0.29) is 5.91 Å². The van der Waals surface area contributed by atoms with Gasteiger partial charge in [0, 0.05) is 24.3 Å². The first-order valence-corrected chi connectivity index (χ1v) is 8.68. The first-order valence-electron chi connectivity index (χ1n) is 8.68. The first kappa shape index (κ1) is 17.4. The molecule has 2 heterocycles. The van der Waals surface area contributed by atoms with E-state index >= 15 is 0 Å². The van der Waals surface area contributed by atoms with Gasteiger partial charge in [-0.25, -0.2) is 9.97 Å². The molecule has 1 amide bonds. The molecule has 1 aliphatic heterocycles. The molecule has 1 aliphatic rings. The Morgan fingerprint density at radius 1 is 1.32 bits per heavy atom. The van der Waals surface area contributed by atoms with Crippen LogP contribution in [-0.4, -0.2) is 54.0 Å². The maximum atomic E-state index is 12.4. The molecule has 6 heteroatoms. The maximum absolute atomic E-state index is 12.4. The number of fused-ring (bicyclic) bond motifs is 1. The van der Waals surface area contributed by atoms with Crippen LogP contribution < -0.4 is 10.2 Å². The van der Waals surface area contributed by atoms with Gasteiger partial charge in [0.15, 0.2) is 0 Å². The van der Waals surface area contributed by atoms with Crippen LogP contribution >= 0.6 is 0 Å². The molecule has 25 heavy (non-hydrogen) atoms.